The van der Waals surface area contributed by atoms with E-state index in [0.29, 0.717) is 6.54 Å². The topological polar surface area (TPSA) is 45.4 Å². The number of aryl methyl sites for hydroxylation is 2. The van der Waals surface area contributed by atoms with Gasteiger partial charge < -0.3 is 14.3 Å². The molecule has 0 unspecified atom stereocenters. The molecule has 0 saturated heterocycles. The summed E-state index contributed by atoms with van der Waals surface area (Å²) in [6, 6.07) is 8.75. The molecule has 0 radical (unpaired) electrons. The Morgan fingerprint density at radius 2 is 1.96 bits per heavy atom. The van der Waals surface area contributed by atoms with Crippen molar-refractivity contribution in [1.29, 1.82) is 0 Å². The predicted molar refractivity (Wildman–Crippen MR) is 95.1 cm³/mol. The molecular formula is C19H19FN4O. The van der Waals surface area contributed by atoms with Gasteiger partial charge >= 0.3 is 0 Å². The average Bonchev–Trinajstić information content (AvgIpc) is 3.09. The molecule has 3 heterocycles. The Kier molecular flexibility index (Phi) is 3.67. The van der Waals surface area contributed by atoms with Crippen molar-refractivity contribution in [3.63, 3.8) is 0 Å². The Balaban J connectivity index is 1.71. The second-order valence-corrected chi connectivity index (χ2v) is 6.43. The summed E-state index contributed by atoms with van der Waals surface area (Å²) in [5.74, 6) is 1.51. The largest absolute Gasteiger partial charge is 0.361 e. The predicted octanol–water partition coefficient (Wildman–Crippen LogP) is 3.91. The van der Waals surface area contributed by atoms with Gasteiger partial charge in [0.15, 0.2) is 5.82 Å². The van der Waals surface area contributed by atoms with Crippen LogP contribution in [0.4, 0.5) is 15.9 Å². The second kappa shape index (κ2) is 5.88. The molecule has 25 heavy (non-hydrogen) atoms. The van der Waals surface area contributed by atoms with Crippen molar-refractivity contribution in [2.45, 2.75) is 20.4 Å². The van der Waals surface area contributed by atoms with Crippen LogP contribution in [0.15, 0.2) is 41.1 Å². The first-order valence-electron chi connectivity index (χ1n) is 8.17. The number of anilines is 2. The van der Waals surface area contributed by atoms with Crippen LogP contribution in [0.25, 0.3) is 11.1 Å². The Morgan fingerprint density at radius 3 is 2.64 bits per heavy atom. The molecule has 0 aliphatic carbocycles. The van der Waals surface area contributed by atoms with Crippen molar-refractivity contribution in [2.75, 3.05) is 23.5 Å². The molecule has 5 nitrogen and oxygen atoms in total. The summed E-state index contributed by atoms with van der Waals surface area (Å²) in [5.41, 5.74) is 4.96. The first-order valence-corrected chi connectivity index (χ1v) is 8.17. The fourth-order valence-electron chi connectivity index (χ4n) is 3.35. The molecule has 1 aliphatic rings. The number of hydrogen-bond acceptors (Lipinski definition) is 5. The highest BCUT2D eigenvalue weighted by Gasteiger charge is 2.26. The summed E-state index contributed by atoms with van der Waals surface area (Å²) < 4.78 is 18.4. The maximum Gasteiger partial charge on any atom is 0.153 e. The molecule has 2 aromatic heterocycles. The van der Waals surface area contributed by atoms with Gasteiger partial charge in [-0.15, -0.1) is 0 Å². The van der Waals surface area contributed by atoms with Crippen LogP contribution < -0.4 is 9.80 Å². The summed E-state index contributed by atoms with van der Waals surface area (Å²) in [6.45, 7) is 5.28. The van der Waals surface area contributed by atoms with E-state index in [-0.39, 0.29) is 5.82 Å². The molecule has 0 N–H and O–H groups in total. The fraction of sp³-hybridized carbons (Fsp3) is 0.263. The van der Waals surface area contributed by atoms with Crippen molar-refractivity contribution < 1.29 is 8.91 Å². The molecule has 4 rings (SSSR count). The van der Waals surface area contributed by atoms with E-state index in [0.717, 1.165) is 46.3 Å². The second-order valence-electron chi connectivity index (χ2n) is 6.43. The highest BCUT2D eigenvalue weighted by atomic mass is 19.1. The lowest BCUT2D eigenvalue weighted by molar-refractivity contribution is 0.393. The standard InChI is InChI=1S/C19H19FN4O/c1-12-18(13(2)25-22-12)15-8-17-19(21-9-15)23(3)11-24(17)10-14-4-6-16(20)7-5-14/h4-9H,10-11H2,1-3H3. The van der Waals surface area contributed by atoms with Gasteiger partial charge in [-0.3, -0.25) is 0 Å². The Labute approximate surface area is 145 Å². The van der Waals surface area contributed by atoms with Gasteiger partial charge in [0.05, 0.1) is 18.1 Å². The van der Waals surface area contributed by atoms with Crippen molar-refractivity contribution in [1.82, 2.24) is 10.1 Å². The van der Waals surface area contributed by atoms with E-state index < -0.39 is 0 Å². The fourth-order valence-corrected chi connectivity index (χ4v) is 3.35. The Hall–Kier alpha value is -2.89. The third-order valence-corrected chi connectivity index (χ3v) is 4.54. The van der Waals surface area contributed by atoms with E-state index in [1.165, 1.54) is 12.1 Å². The van der Waals surface area contributed by atoms with Gasteiger partial charge in [-0.1, -0.05) is 17.3 Å². The van der Waals surface area contributed by atoms with E-state index in [2.05, 4.69) is 26.0 Å². The molecule has 0 saturated carbocycles. The zero-order valence-electron chi connectivity index (χ0n) is 14.5. The average molecular weight is 338 g/mol. The zero-order chi connectivity index (χ0) is 17.6. The number of pyridine rings is 1. The Bertz CT molecular complexity index is 900. The number of halogens is 1. The third kappa shape index (κ3) is 2.73. The van der Waals surface area contributed by atoms with Crippen molar-refractivity contribution in [2.24, 2.45) is 0 Å². The number of rotatable bonds is 3. The normalized spacial score (nSPS) is 13.4. The Morgan fingerprint density at radius 1 is 1.20 bits per heavy atom. The summed E-state index contributed by atoms with van der Waals surface area (Å²) in [4.78, 5) is 8.98. The van der Waals surface area contributed by atoms with Gasteiger partial charge in [-0.25, -0.2) is 9.37 Å². The van der Waals surface area contributed by atoms with Crippen LogP contribution in [0.2, 0.25) is 0 Å². The van der Waals surface area contributed by atoms with Crippen LogP contribution in [0.1, 0.15) is 17.0 Å². The molecule has 3 aromatic rings. The quantitative estimate of drug-likeness (QED) is 0.724. The van der Waals surface area contributed by atoms with E-state index in [4.69, 9.17) is 4.52 Å². The maximum absolute atomic E-state index is 13.1. The first-order chi connectivity index (χ1) is 12.0. The van der Waals surface area contributed by atoms with Crippen LogP contribution in [0.3, 0.4) is 0 Å². The van der Waals surface area contributed by atoms with Crippen LogP contribution in [0, 0.1) is 19.7 Å². The summed E-state index contributed by atoms with van der Waals surface area (Å²) >= 11 is 0. The minimum atomic E-state index is -0.218. The van der Waals surface area contributed by atoms with Crippen LogP contribution in [-0.2, 0) is 6.54 Å². The number of fused-ring (bicyclic) bond motifs is 1. The molecule has 0 fully saturated rings. The number of hydrogen-bond donors (Lipinski definition) is 0. The van der Waals surface area contributed by atoms with Gasteiger partial charge in [0.25, 0.3) is 0 Å². The smallest absolute Gasteiger partial charge is 0.153 e. The minimum absolute atomic E-state index is 0.218. The number of benzene rings is 1. The highest BCUT2D eigenvalue weighted by molar-refractivity contribution is 5.79. The van der Waals surface area contributed by atoms with E-state index in [1.807, 2.05) is 39.2 Å². The molecular weight excluding hydrogens is 319 g/mol. The van der Waals surface area contributed by atoms with Gasteiger partial charge in [0.1, 0.15) is 11.6 Å². The van der Waals surface area contributed by atoms with Crippen LogP contribution in [-0.4, -0.2) is 23.9 Å². The molecule has 1 aliphatic heterocycles. The van der Waals surface area contributed by atoms with Crippen molar-refractivity contribution in [3.8, 4) is 11.1 Å². The SMILES string of the molecule is Cc1noc(C)c1-c1cnc2c(c1)N(Cc1ccc(F)cc1)CN2C. The van der Waals surface area contributed by atoms with Crippen molar-refractivity contribution in [3.05, 3.63) is 59.4 Å². The zero-order valence-corrected chi connectivity index (χ0v) is 14.5. The summed E-state index contributed by atoms with van der Waals surface area (Å²) in [5, 5.41) is 4.03. The van der Waals surface area contributed by atoms with E-state index >= 15 is 0 Å². The minimum Gasteiger partial charge on any atom is -0.361 e. The summed E-state index contributed by atoms with van der Waals surface area (Å²) in [7, 11) is 2.02. The number of nitrogens with zero attached hydrogens (tertiary/aromatic N) is 4. The highest BCUT2D eigenvalue weighted by Crippen LogP contribution is 2.38. The third-order valence-electron chi connectivity index (χ3n) is 4.54. The van der Waals surface area contributed by atoms with Gasteiger partial charge in [-0.2, -0.15) is 0 Å². The first kappa shape index (κ1) is 15.6. The van der Waals surface area contributed by atoms with Gasteiger partial charge in [0, 0.05) is 30.9 Å². The van der Waals surface area contributed by atoms with Crippen LogP contribution in [0.5, 0.6) is 0 Å². The molecule has 0 bridgehead atoms. The number of aromatic nitrogens is 2. The van der Waals surface area contributed by atoms with Gasteiger partial charge in [-0.05, 0) is 37.6 Å². The molecule has 0 atom stereocenters. The monoisotopic (exact) mass is 338 g/mol. The van der Waals surface area contributed by atoms with Crippen molar-refractivity contribution >= 4 is 11.5 Å². The van der Waals surface area contributed by atoms with E-state index in [1.54, 1.807) is 0 Å². The molecule has 0 amide bonds. The summed E-state index contributed by atoms with van der Waals surface area (Å²) in [6.07, 6.45) is 1.86. The lowest BCUT2D eigenvalue weighted by Crippen LogP contribution is -2.27. The lowest BCUT2D eigenvalue weighted by Gasteiger charge is -2.19. The molecule has 1 aromatic carbocycles. The molecule has 0 spiro atoms. The molecule has 128 valence electrons. The van der Waals surface area contributed by atoms with Gasteiger partial charge in [0.2, 0.25) is 0 Å². The van der Waals surface area contributed by atoms with E-state index in [9.17, 15) is 4.39 Å². The maximum atomic E-state index is 13.1. The molecule has 6 heteroatoms. The van der Waals surface area contributed by atoms with Crippen LogP contribution >= 0.6 is 0 Å². The lowest BCUT2D eigenvalue weighted by atomic mass is 10.1.